The Labute approximate surface area is 187 Å². The number of nitrogens with zero attached hydrogens (tertiary/aromatic N) is 3. The van der Waals surface area contributed by atoms with E-state index < -0.39 is 0 Å². The third-order valence-corrected chi connectivity index (χ3v) is 5.69. The van der Waals surface area contributed by atoms with E-state index in [2.05, 4.69) is 24.3 Å². The minimum atomic E-state index is -0.375. The molecule has 1 saturated heterocycles. The van der Waals surface area contributed by atoms with Crippen molar-refractivity contribution in [2.75, 3.05) is 13.1 Å². The average Bonchev–Trinajstić information content (AvgIpc) is 2.99. The van der Waals surface area contributed by atoms with Crippen molar-refractivity contribution in [2.45, 2.75) is 46.2 Å². The lowest BCUT2D eigenvalue weighted by Gasteiger charge is -2.31. The summed E-state index contributed by atoms with van der Waals surface area (Å²) in [6.45, 7) is 7.89. The second-order valence-corrected chi connectivity index (χ2v) is 8.64. The molecule has 1 aromatic heterocycles. The molecule has 0 aliphatic carbocycles. The molecule has 31 heavy (non-hydrogen) atoms. The molecule has 0 bridgehead atoms. The van der Waals surface area contributed by atoms with Crippen LogP contribution in [-0.4, -0.2) is 45.6 Å². The van der Waals surface area contributed by atoms with Gasteiger partial charge in [-0.25, -0.2) is 4.39 Å². The van der Waals surface area contributed by atoms with Crippen molar-refractivity contribution >= 4 is 29.5 Å². The summed E-state index contributed by atoms with van der Waals surface area (Å²) in [6, 6.07) is 5.44. The lowest BCUT2D eigenvalue weighted by atomic mass is 10.0. The number of hydrogen-bond donors (Lipinski definition) is 1. The van der Waals surface area contributed by atoms with E-state index in [9.17, 15) is 14.0 Å². The average molecular weight is 447 g/mol. The molecular formula is C23H28ClFN4O2. The topological polar surface area (TPSA) is 67.2 Å². The van der Waals surface area contributed by atoms with Gasteiger partial charge >= 0.3 is 0 Å². The Morgan fingerprint density at radius 2 is 1.90 bits per heavy atom. The maximum Gasteiger partial charge on any atom is 0.251 e. The Hall–Kier alpha value is -2.67. The number of amides is 2. The fourth-order valence-corrected chi connectivity index (χ4v) is 3.90. The maximum atomic E-state index is 13.0. The summed E-state index contributed by atoms with van der Waals surface area (Å²) in [7, 11) is 0. The van der Waals surface area contributed by atoms with Crippen LogP contribution in [0, 0.1) is 18.7 Å². The van der Waals surface area contributed by atoms with Crippen LogP contribution in [0.3, 0.4) is 0 Å². The first-order valence-electron chi connectivity index (χ1n) is 10.5. The van der Waals surface area contributed by atoms with Gasteiger partial charge in [-0.05, 0) is 56.0 Å². The van der Waals surface area contributed by atoms with Crippen LogP contribution < -0.4 is 5.32 Å². The van der Waals surface area contributed by atoms with Gasteiger partial charge in [0.05, 0.1) is 5.69 Å². The second kappa shape index (κ2) is 10.1. The summed E-state index contributed by atoms with van der Waals surface area (Å²) in [6.07, 6.45) is 4.59. The Bertz CT molecular complexity index is 961. The van der Waals surface area contributed by atoms with Crippen molar-refractivity contribution in [3.8, 4) is 0 Å². The van der Waals surface area contributed by atoms with E-state index in [1.165, 1.54) is 30.3 Å². The van der Waals surface area contributed by atoms with Crippen molar-refractivity contribution < 1.29 is 14.0 Å². The van der Waals surface area contributed by atoms with E-state index in [0.29, 0.717) is 42.6 Å². The summed E-state index contributed by atoms with van der Waals surface area (Å²) < 4.78 is 14.8. The molecule has 2 aromatic rings. The highest BCUT2D eigenvalue weighted by Gasteiger charge is 2.23. The van der Waals surface area contributed by atoms with E-state index in [-0.39, 0.29) is 23.7 Å². The maximum absolute atomic E-state index is 13.0. The molecule has 1 aliphatic rings. The summed E-state index contributed by atoms with van der Waals surface area (Å²) in [5.74, 6) is -0.274. The zero-order valence-corrected chi connectivity index (χ0v) is 18.8. The summed E-state index contributed by atoms with van der Waals surface area (Å²) in [5, 5.41) is 7.95. The van der Waals surface area contributed by atoms with Crippen LogP contribution in [0.15, 0.2) is 30.3 Å². The summed E-state index contributed by atoms with van der Waals surface area (Å²) in [5.41, 5.74) is 1.97. The largest absolute Gasteiger partial charge is 0.349 e. The van der Waals surface area contributed by atoms with E-state index in [4.69, 9.17) is 11.6 Å². The zero-order chi connectivity index (χ0) is 22.5. The highest BCUT2D eigenvalue weighted by atomic mass is 35.5. The highest BCUT2D eigenvalue weighted by Crippen LogP contribution is 2.22. The molecule has 0 unspecified atom stereocenters. The van der Waals surface area contributed by atoms with Gasteiger partial charge in [0.15, 0.2) is 0 Å². The number of piperidine rings is 1. The number of nitrogens with one attached hydrogen (secondary N) is 1. The Kier molecular flexibility index (Phi) is 7.49. The standard InChI is InChI=1S/C23H28ClFN4O2/c1-15(2)14-29-22(24)20(16(3)27-29)8-9-21(30)28-12-10-19(11-13-28)26-23(31)17-4-6-18(25)7-5-17/h4-9,15,19H,10-14H2,1-3H3,(H,26,31)/b9-8+. The van der Waals surface area contributed by atoms with Gasteiger partial charge in [0, 0.05) is 42.9 Å². The smallest absolute Gasteiger partial charge is 0.251 e. The molecule has 2 amide bonds. The first kappa shape index (κ1) is 23.0. The van der Waals surface area contributed by atoms with E-state index >= 15 is 0 Å². The van der Waals surface area contributed by atoms with Crippen molar-refractivity contribution in [3.63, 3.8) is 0 Å². The van der Waals surface area contributed by atoms with Crippen LogP contribution in [-0.2, 0) is 11.3 Å². The van der Waals surface area contributed by atoms with E-state index in [0.717, 1.165) is 17.8 Å². The molecule has 1 aromatic carbocycles. The van der Waals surface area contributed by atoms with Gasteiger partial charge in [0.25, 0.3) is 5.91 Å². The molecule has 8 heteroatoms. The molecule has 0 spiro atoms. The lowest BCUT2D eigenvalue weighted by molar-refractivity contribution is -0.126. The van der Waals surface area contributed by atoms with Gasteiger partial charge in [0.1, 0.15) is 11.0 Å². The number of likely N-dealkylation sites (tertiary alicyclic amines) is 1. The Morgan fingerprint density at radius 3 is 2.52 bits per heavy atom. The molecule has 0 atom stereocenters. The van der Waals surface area contributed by atoms with Crippen LogP contribution in [0.5, 0.6) is 0 Å². The van der Waals surface area contributed by atoms with Crippen LogP contribution >= 0.6 is 11.6 Å². The number of aryl methyl sites for hydroxylation is 1. The molecule has 1 aliphatic heterocycles. The Balaban J connectivity index is 1.53. The third-order valence-electron chi connectivity index (χ3n) is 5.29. The highest BCUT2D eigenvalue weighted by molar-refractivity contribution is 6.31. The fourth-order valence-electron chi connectivity index (χ4n) is 3.60. The molecular weight excluding hydrogens is 419 g/mol. The summed E-state index contributed by atoms with van der Waals surface area (Å²) >= 11 is 6.43. The minimum Gasteiger partial charge on any atom is -0.349 e. The zero-order valence-electron chi connectivity index (χ0n) is 18.1. The van der Waals surface area contributed by atoms with Crippen LogP contribution in [0.1, 0.15) is 48.3 Å². The predicted octanol–water partition coefficient (Wildman–Crippen LogP) is 4.07. The van der Waals surface area contributed by atoms with Crippen molar-refractivity contribution in [3.05, 3.63) is 58.1 Å². The number of rotatable bonds is 6. The van der Waals surface area contributed by atoms with Crippen LogP contribution in [0.4, 0.5) is 4.39 Å². The first-order valence-corrected chi connectivity index (χ1v) is 10.9. The van der Waals surface area contributed by atoms with Crippen LogP contribution in [0.2, 0.25) is 5.15 Å². The van der Waals surface area contributed by atoms with Gasteiger partial charge in [-0.3, -0.25) is 14.3 Å². The normalized spacial score (nSPS) is 15.1. The molecule has 1 fully saturated rings. The lowest BCUT2D eigenvalue weighted by Crippen LogP contribution is -2.46. The van der Waals surface area contributed by atoms with Gasteiger partial charge in [-0.1, -0.05) is 25.4 Å². The monoisotopic (exact) mass is 446 g/mol. The molecule has 0 saturated carbocycles. The fraction of sp³-hybridized carbons (Fsp3) is 0.435. The van der Waals surface area contributed by atoms with Gasteiger partial charge in [-0.15, -0.1) is 0 Å². The number of hydrogen-bond acceptors (Lipinski definition) is 3. The van der Waals surface area contributed by atoms with E-state index in [1.54, 1.807) is 15.7 Å². The molecule has 166 valence electrons. The van der Waals surface area contributed by atoms with Crippen molar-refractivity contribution in [1.82, 2.24) is 20.0 Å². The minimum absolute atomic E-state index is 0.0171. The van der Waals surface area contributed by atoms with Gasteiger partial charge in [-0.2, -0.15) is 5.10 Å². The number of carbonyl (C=O) groups excluding carboxylic acids is 2. The number of halogens is 2. The number of carbonyl (C=O) groups is 2. The van der Waals surface area contributed by atoms with Crippen molar-refractivity contribution in [2.24, 2.45) is 5.92 Å². The Morgan fingerprint density at radius 1 is 1.26 bits per heavy atom. The molecule has 0 radical (unpaired) electrons. The first-order chi connectivity index (χ1) is 14.7. The molecule has 3 rings (SSSR count). The molecule has 6 nitrogen and oxygen atoms in total. The van der Waals surface area contributed by atoms with Gasteiger partial charge < -0.3 is 10.2 Å². The predicted molar refractivity (Wildman–Crippen MR) is 119 cm³/mol. The van der Waals surface area contributed by atoms with Crippen molar-refractivity contribution in [1.29, 1.82) is 0 Å². The molecule has 1 N–H and O–H groups in total. The third kappa shape index (κ3) is 5.94. The van der Waals surface area contributed by atoms with Crippen LogP contribution in [0.25, 0.3) is 6.08 Å². The SMILES string of the molecule is Cc1nn(CC(C)C)c(Cl)c1/C=C/C(=O)N1CCC(NC(=O)c2ccc(F)cc2)CC1. The number of aromatic nitrogens is 2. The molecule has 2 heterocycles. The number of benzene rings is 1. The van der Waals surface area contributed by atoms with E-state index in [1.807, 2.05) is 6.92 Å². The second-order valence-electron chi connectivity index (χ2n) is 8.28. The quantitative estimate of drug-likeness (QED) is 0.680. The van der Waals surface area contributed by atoms with Gasteiger partial charge in [0.2, 0.25) is 5.91 Å². The summed E-state index contributed by atoms with van der Waals surface area (Å²) in [4.78, 5) is 26.7.